The van der Waals surface area contributed by atoms with E-state index >= 15 is 0 Å². The summed E-state index contributed by atoms with van der Waals surface area (Å²) in [6.07, 6.45) is -1.25. The van der Waals surface area contributed by atoms with E-state index < -0.39 is 12.6 Å². The van der Waals surface area contributed by atoms with Gasteiger partial charge in [0.1, 0.15) is 6.10 Å². The van der Waals surface area contributed by atoms with Gasteiger partial charge in [0.25, 0.3) is 0 Å². The molecule has 6 heteroatoms. The van der Waals surface area contributed by atoms with Crippen LogP contribution >= 0.6 is 0 Å². The summed E-state index contributed by atoms with van der Waals surface area (Å²) in [7, 11) is 3.00. The molecule has 1 saturated carbocycles. The Balaban J connectivity index is 1.54. The number of fused-ring (bicyclic) bond motifs is 3. The van der Waals surface area contributed by atoms with E-state index in [0.717, 1.165) is 5.56 Å². The number of benzene rings is 1. The summed E-state index contributed by atoms with van der Waals surface area (Å²) in [6, 6.07) is 9.78. The third-order valence-corrected chi connectivity index (χ3v) is 4.97. The summed E-state index contributed by atoms with van der Waals surface area (Å²) >= 11 is 0. The minimum absolute atomic E-state index is 0.0109. The first kappa shape index (κ1) is 15.1. The van der Waals surface area contributed by atoms with Gasteiger partial charge in [0.05, 0.1) is 25.7 Å². The van der Waals surface area contributed by atoms with Gasteiger partial charge in [-0.1, -0.05) is 30.3 Å². The highest BCUT2D eigenvalue weighted by Crippen LogP contribution is 2.58. The van der Waals surface area contributed by atoms with Crippen molar-refractivity contribution >= 4 is 5.97 Å². The van der Waals surface area contributed by atoms with Gasteiger partial charge in [0.2, 0.25) is 0 Å². The highest BCUT2D eigenvalue weighted by Gasteiger charge is 2.69. The van der Waals surface area contributed by atoms with Crippen LogP contribution in [0.25, 0.3) is 0 Å². The molecular formula is C17H20O6. The van der Waals surface area contributed by atoms with Crippen molar-refractivity contribution in [2.24, 2.45) is 17.8 Å². The Bertz CT molecular complexity index is 576. The van der Waals surface area contributed by atoms with E-state index in [1.807, 2.05) is 30.3 Å². The molecule has 1 aromatic carbocycles. The maximum absolute atomic E-state index is 12.0. The Morgan fingerprint density at radius 3 is 2.61 bits per heavy atom. The van der Waals surface area contributed by atoms with E-state index in [9.17, 15) is 4.79 Å². The van der Waals surface area contributed by atoms with Gasteiger partial charge in [0, 0.05) is 24.5 Å². The third kappa shape index (κ3) is 2.46. The van der Waals surface area contributed by atoms with Gasteiger partial charge < -0.3 is 23.7 Å². The molecule has 2 aliphatic heterocycles. The van der Waals surface area contributed by atoms with Crippen molar-refractivity contribution in [1.82, 2.24) is 0 Å². The van der Waals surface area contributed by atoms with Crippen molar-refractivity contribution in [3.05, 3.63) is 35.9 Å². The van der Waals surface area contributed by atoms with Crippen molar-refractivity contribution in [2.45, 2.75) is 24.8 Å². The van der Waals surface area contributed by atoms with E-state index in [4.69, 9.17) is 23.7 Å². The zero-order valence-corrected chi connectivity index (χ0v) is 13.1. The summed E-state index contributed by atoms with van der Waals surface area (Å²) in [5.74, 6) is -0.406. The topological polar surface area (TPSA) is 63.2 Å². The maximum Gasteiger partial charge on any atom is 0.309 e. The van der Waals surface area contributed by atoms with Crippen LogP contribution in [-0.4, -0.2) is 45.3 Å². The largest absolute Gasteiger partial charge is 0.469 e. The first-order valence-corrected chi connectivity index (χ1v) is 7.82. The van der Waals surface area contributed by atoms with Gasteiger partial charge in [-0.25, -0.2) is 0 Å². The predicted octanol–water partition coefficient (Wildman–Crippen LogP) is 1.51. The molecule has 0 amide bonds. The molecule has 1 aliphatic carbocycles. The number of carbonyl (C=O) groups is 1. The Morgan fingerprint density at radius 1 is 1.13 bits per heavy atom. The maximum atomic E-state index is 12.0. The van der Waals surface area contributed by atoms with Gasteiger partial charge >= 0.3 is 5.97 Å². The van der Waals surface area contributed by atoms with E-state index in [-0.39, 0.29) is 35.9 Å². The monoisotopic (exact) mass is 320 g/mol. The SMILES string of the molecule is COC(=O)[C@@H]1[C@H]2[C@@H]3O[C@H](c4ccccc4)OC[C@H]3O[C@H](OC)[C@@H]12. The molecule has 2 heterocycles. The van der Waals surface area contributed by atoms with Crippen LogP contribution in [0.15, 0.2) is 30.3 Å². The average molecular weight is 320 g/mol. The summed E-state index contributed by atoms with van der Waals surface area (Å²) in [4.78, 5) is 12.0. The first-order valence-electron chi connectivity index (χ1n) is 7.82. The van der Waals surface area contributed by atoms with E-state index in [1.54, 1.807) is 7.11 Å². The second-order valence-corrected chi connectivity index (χ2v) is 6.16. The fraction of sp³-hybridized carbons (Fsp3) is 0.588. The van der Waals surface area contributed by atoms with Crippen LogP contribution in [0, 0.1) is 17.8 Å². The van der Waals surface area contributed by atoms with Crippen molar-refractivity contribution < 1.29 is 28.5 Å². The second kappa shape index (κ2) is 5.87. The standard InChI is InChI=1S/C17H20O6/c1-19-15(18)12-11-13(12)17(20-2)22-10-8-21-16(23-14(10)11)9-6-4-3-5-7-9/h3-7,10-14,16-17H,8H2,1-2H3/t10-,11-,12-,13-,14-,16-,17+/m1/s1. The molecule has 3 aliphatic rings. The Kier molecular flexibility index (Phi) is 3.85. The van der Waals surface area contributed by atoms with Crippen molar-refractivity contribution in [1.29, 1.82) is 0 Å². The van der Waals surface area contributed by atoms with Crippen molar-refractivity contribution in [3.8, 4) is 0 Å². The van der Waals surface area contributed by atoms with Crippen molar-refractivity contribution in [2.75, 3.05) is 20.8 Å². The lowest BCUT2D eigenvalue weighted by Crippen LogP contribution is -2.49. The van der Waals surface area contributed by atoms with E-state index in [2.05, 4.69) is 0 Å². The Hall–Kier alpha value is -1.47. The molecule has 1 aromatic rings. The molecule has 124 valence electrons. The van der Waals surface area contributed by atoms with Crippen LogP contribution in [-0.2, 0) is 28.5 Å². The predicted molar refractivity (Wildman–Crippen MR) is 78.2 cm³/mol. The summed E-state index contributed by atoms with van der Waals surface area (Å²) < 4.78 is 28.2. The van der Waals surface area contributed by atoms with Crippen molar-refractivity contribution in [3.63, 3.8) is 0 Å². The molecule has 23 heavy (non-hydrogen) atoms. The average Bonchev–Trinajstić information content (AvgIpc) is 3.36. The van der Waals surface area contributed by atoms with Gasteiger partial charge in [-0.15, -0.1) is 0 Å². The summed E-state index contributed by atoms with van der Waals surface area (Å²) in [5, 5.41) is 0. The molecule has 0 aromatic heterocycles. The fourth-order valence-corrected chi connectivity index (χ4v) is 3.85. The minimum atomic E-state index is -0.431. The van der Waals surface area contributed by atoms with Gasteiger partial charge in [-0.3, -0.25) is 4.79 Å². The summed E-state index contributed by atoms with van der Waals surface area (Å²) in [5.41, 5.74) is 0.964. The number of esters is 1. The Morgan fingerprint density at radius 2 is 1.91 bits per heavy atom. The lowest BCUT2D eigenvalue weighted by atomic mass is 10.0. The smallest absolute Gasteiger partial charge is 0.309 e. The molecule has 6 nitrogen and oxygen atoms in total. The molecule has 7 atom stereocenters. The molecule has 0 unspecified atom stereocenters. The normalized spacial score (nSPS) is 41.6. The van der Waals surface area contributed by atoms with Gasteiger partial charge in [0.15, 0.2) is 12.6 Å². The highest BCUT2D eigenvalue weighted by molar-refractivity contribution is 5.76. The van der Waals surface area contributed by atoms with Gasteiger partial charge in [-0.05, 0) is 0 Å². The molecule has 3 fully saturated rings. The van der Waals surface area contributed by atoms with Crippen LogP contribution in [0.1, 0.15) is 11.9 Å². The van der Waals surface area contributed by atoms with E-state index in [0.29, 0.717) is 6.61 Å². The molecule has 0 N–H and O–H groups in total. The third-order valence-electron chi connectivity index (χ3n) is 4.97. The Labute approximate surface area is 134 Å². The van der Waals surface area contributed by atoms with Crippen LogP contribution in [0.3, 0.4) is 0 Å². The number of hydrogen-bond acceptors (Lipinski definition) is 6. The summed E-state index contributed by atoms with van der Waals surface area (Å²) in [6.45, 7) is 0.418. The number of methoxy groups -OCH3 is 2. The lowest BCUT2D eigenvalue weighted by molar-refractivity contribution is -0.316. The fourth-order valence-electron chi connectivity index (χ4n) is 3.85. The van der Waals surface area contributed by atoms with Crippen LogP contribution < -0.4 is 0 Å². The quantitative estimate of drug-likeness (QED) is 0.787. The number of carbonyl (C=O) groups excluding carboxylic acids is 1. The van der Waals surface area contributed by atoms with Crippen LogP contribution in [0.5, 0.6) is 0 Å². The first-order chi connectivity index (χ1) is 11.2. The molecular weight excluding hydrogens is 300 g/mol. The zero-order chi connectivity index (χ0) is 16.0. The zero-order valence-electron chi connectivity index (χ0n) is 13.1. The molecule has 0 radical (unpaired) electrons. The molecule has 2 saturated heterocycles. The second-order valence-electron chi connectivity index (χ2n) is 6.16. The van der Waals surface area contributed by atoms with E-state index in [1.165, 1.54) is 7.11 Å². The highest BCUT2D eigenvalue weighted by atomic mass is 16.7. The van der Waals surface area contributed by atoms with Crippen LogP contribution in [0.4, 0.5) is 0 Å². The molecule has 4 rings (SSSR count). The van der Waals surface area contributed by atoms with Crippen LogP contribution in [0.2, 0.25) is 0 Å². The minimum Gasteiger partial charge on any atom is -0.469 e. The lowest BCUT2D eigenvalue weighted by Gasteiger charge is -2.41. The number of rotatable bonds is 3. The molecule has 0 bridgehead atoms. The van der Waals surface area contributed by atoms with Gasteiger partial charge in [-0.2, -0.15) is 0 Å². The molecule has 0 spiro atoms. The number of ether oxygens (including phenoxy) is 5. The number of hydrogen-bond donors (Lipinski definition) is 0.